The van der Waals surface area contributed by atoms with Crippen molar-refractivity contribution >= 4 is 58.8 Å². The van der Waals surface area contributed by atoms with Crippen LogP contribution in [-0.4, -0.2) is 17.8 Å². The molecule has 0 atom stereocenters. The van der Waals surface area contributed by atoms with E-state index in [0.29, 0.717) is 21.3 Å². The monoisotopic (exact) mass is 478 g/mol. The van der Waals surface area contributed by atoms with Crippen LogP contribution in [0.5, 0.6) is 5.75 Å². The minimum Gasteiger partial charge on any atom is -0.423 e. The lowest BCUT2D eigenvalue weighted by atomic mass is 10.1. The molecule has 3 aromatic carbocycles. The molecule has 0 aliphatic carbocycles. The van der Waals surface area contributed by atoms with E-state index in [1.807, 2.05) is 0 Å². The molecule has 0 aromatic heterocycles. The van der Waals surface area contributed by atoms with Crippen molar-refractivity contribution < 1.29 is 19.1 Å². The molecule has 0 spiro atoms. The van der Waals surface area contributed by atoms with Crippen molar-refractivity contribution in [2.24, 2.45) is 0 Å². The van der Waals surface area contributed by atoms with Gasteiger partial charge in [-0.05, 0) is 60.2 Å². The Balaban J connectivity index is 1.57. The highest BCUT2D eigenvalue weighted by Gasteiger charge is 2.34. The zero-order valence-corrected chi connectivity index (χ0v) is 18.5. The molecule has 164 valence electrons. The first kappa shape index (κ1) is 22.3. The summed E-state index contributed by atoms with van der Waals surface area (Å²) in [5, 5.41) is 2.09. The largest absolute Gasteiger partial charge is 0.423 e. The molecule has 0 radical (unpaired) electrons. The Hall–Kier alpha value is -3.87. The molecule has 3 aromatic rings. The van der Waals surface area contributed by atoms with Gasteiger partial charge in [-0.3, -0.25) is 15.0 Å². The summed E-state index contributed by atoms with van der Waals surface area (Å²) in [6.45, 7) is 0. The number of anilines is 1. The number of ether oxygens (including phenoxy) is 1. The predicted octanol–water partition coefficient (Wildman–Crippen LogP) is 5.07. The van der Waals surface area contributed by atoms with E-state index in [0.717, 1.165) is 10.6 Å². The molecular weight excluding hydrogens is 463 g/mol. The molecular formula is C25H16Cl2N2O4. The van der Waals surface area contributed by atoms with Crippen LogP contribution in [0.25, 0.3) is 12.2 Å². The van der Waals surface area contributed by atoms with Crippen LogP contribution in [-0.2, 0) is 14.4 Å². The van der Waals surface area contributed by atoms with Gasteiger partial charge in [0.1, 0.15) is 11.3 Å². The van der Waals surface area contributed by atoms with Gasteiger partial charge in [0.2, 0.25) is 0 Å². The van der Waals surface area contributed by atoms with Gasteiger partial charge in [0.25, 0.3) is 11.8 Å². The molecule has 1 N–H and O–H groups in total. The first-order valence-electron chi connectivity index (χ1n) is 9.78. The van der Waals surface area contributed by atoms with Gasteiger partial charge in [-0.25, -0.2) is 9.80 Å². The average Bonchev–Trinajstić information content (AvgIpc) is 3.09. The van der Waals surface area contributed by atoms with Gasteiger partial charge in [-0.15, -0.1) is 0 Å². The zero-order chi connectivity index (χ0) is 23.4. The van der Waals surface area contributed by atoms with E-state index in [1.165, 1.54) is 24.3 Å². The van der Waals surface area contributed by atoms with Crippen molar-refractivity contribution in [3.63, 3.8) is 0 Å². The fraction of sp³-hybridized carbons (Fsp3) is 0. The number of nitrogens with one attached hydrogen (secondary N) is 1. The summed E-state index contributed by atoms with van der Waals surface area (Å²) in [6, 6.07) is 20.2. The van der Waals surface area contributed by atoms with Gasteiger partial charge in [0, 0.05) is 21.7 Å². The maximum Gasteiger partial charge on any atom is 0.336 e. The highest BCUT2D eigenvalue weighted by atomic mass is 35.5. The summed E-state index contributed by atoms with van der Waals surface area (Å²) < 4.78 is 5.43. The zero-order valence-electron chi connectivity index (χ0n) is 17.0. The maximum atomic E-state index is 12.8. The van der Waals surface area contributed by atoms with Crippen LogP contribution in [0.3, 0.4) is 0 Å². The quantitative estimate of drug-likeness (QED) is 0.240. The molecule has 1 saturated heterocycles. The highest BCUT2D eigenvalue weighted by molar-refractivity contribution is 6.32. The van der Waals surface area contributed by atoms with Crippen LogP contribution in [0.1, 0.15) is 11.1 Å². The van der Waals surface area contributed by atoms with Crippen LogP contribution in [0.4, 0.5) is 5.69 Å². The second-order valence-electron chi connectivity index (χ2n) is 6.96. The van der Waals surface area contributed by atoms with Crippen molar-refractivity contribution in [1.29, 1.82) is 0 Å². The molecule has 1 aliphatic heterocycles. The van der Waals surface area contributed by atoms with E-state index in [9.17, 15) is 14.4 Å². The summed E-state index contributed by atoms with van der Waals surface area (Å²) >= 11 is 12.0. The number of nitrogens with zero attached hydrogens (tertiary/aromatic N) is 1. The van der Waals surface area contributed by atoms with E-state index in [-0.39, 0.29) is 11.3 Å². The maximum absolute atomic E-state index is 12.8. The van der Waals surface area contributed by atoms with Crippen molar-refractivity contribution in [3.05, 3.63) is 106 Å². The molecule has 0 saturated carbocycles. The number of hydrogen-bond donors (Lipinski definition) is 1. The summed E-state index contributed by atoms with van der Waals surface area (Å²) in [6.07, 6.45) is 4.19. The number of rotatable bonds is 5. The lowest BCUT2D eigenvalue weighted by Crippen LogP contribution is -2.35. The van der Waals surface area contributed by atoms with E-state index in [1.54, 1.807) is 66.7 Å². The van der Waals surface area contributed by atoms with Gasteiger partial charge in [-0.1, -0.05) is 53.5 Å². The predicted molar refractivity (Wildman–Crippen MR) is 128 cm³/mol. The minimum atomic E-state index is -0.639. The fourth-order valence-electron chi connectivity index (χ4n) is 3.08. The number of amides is 2. The Bertz CT molecular complexity index is 1290. The third-order valence-corrected chi connectivity index (χ3v) is 5.16. The second kappa shape index (κ2) is 9.73. The Labute approximate surface area is 199 Å². The first-order valence-corrected chi connectivity index (χ1v) is 10.5. The number of hydrogen-bond acceptors (Lipinski definition) is 4. The van der Waals surface area contributed by atoms with Crippen LogP contribution in [0, 0.1) is 0 Å². The number of halogens is 2. The average molecular weight is 479 g/mol. The Morgan fingerprint density at radius 3 is 2.33 bits per heavy atom. The highest BCUT2D eigenvalue weighted by Crippen LogP contribution is 2.28. The van der Waals surface area contributed by atoms with E-state index < -0.39 is 17.8 Å². The molecule has 1 heterocycles. The number of esters is 1. The number of hydrazine groups is 1. The standard InChI is InChI=1S/C25H16Cl2N2O4/c26-18-9-6-16(7-10-18)8-13-23(30)33-22-12-11-19(27)14-17(22)15-21-24(31)28-29(25(21)32)20-4-2-1-3-5-20/h1-15H,(H,28,31)/b13-8+,21-15-. The summed E-state index contributed by atoms with van der Waals surface area (Å²) in [5.41, 5.74) is 4.00. The van der Waals surface area contributed by atoms with Gasteiger partial charge in [0.15, 0.2) is 0 Å². The molecule has 0 unspecified atom stereocenters. The van der Waals surface area contributed by atoms with Crippen LogP contribution >= 0.6 is 23.2 Å². The molecule has 8 heteroatoms. The molecule has 0 bridgehead atoms. The van der Waals surface area contributed by atoms with Gasteiger partial charge < -0.3 is 4.74 Å². The van der Waals surface area contributed by atoms with Gasteiger partial charge in [-0.2, -0.15) is 0 Å². The first-order chi connectivity index (χ1) is 15.9. The van der Waals surface area contributed by atoms with Crippen molar-refractivity contribution in [1.82, 2.24) is 5.43 Å². The third kappa shape index (κ3) is 5.31. The lowest BCUT2D eigenvalue weighted by Gasteiger charge is -2.13. The number of carbonyl (C=O) groups is 3. The Kier molecular flexibility index (Phi) is 6.58. The number of benzene rings is 3. The van der Waals surface area contributed by atoms with Gasteiger partial charge in [0.05, 0.1) is 5.69 Å². The second-order valence-corrected chi connectivity index (χ2v) is 7.84. The minimum absolute atomic E-state index is 0.116. The van der Waals surface area contributed by atoms with E-state index >= 15 is 0 Å². The summed E-state index contributed by atoms with van der Waals surface area (Å²) in [4.78, 5) is 37.7. The molecule has 33 heavy (non-hydrogen) atoms. The van der Waals surface area contributed by atoms with Crippen LogP contribution < -0.4 is 15.2 Å². The van der Waals surface area contributed by atoms with Crippen molar-refractivity contribution in [2.45, 2.75) is 0 Å². The van der Waals surface area contributed by atoms with E-state index in [2.05, 4.69) is 5.43 Å². The molecule has 1 fully saturated rings. The smallest absolute Gasteiger partial charge is 0.336 e. The molecule has 6 nitrogen and oxygen atoms in total. The fourth-order valence-corrected chi connectivity index (χ4v) is 3.38. The van der Waals surface area contributed by atoms with Crippen LogP contribution in [0.2, 0.25) is 10.0 Å². The number of carbonyl (C=O) groups excluding carboxylic acids is 3. The molecule has 1 aliphatic rings. The normalized spacial score (nSPS) is 14.7. The molecule has 2 amide bonds. The Morgan fingerprint density at radius 1 is 0.909 bits per heavy atom. The van der Waals surface area contributed by atoms with Crippen molar-refractivity contribution in [2.75, 3.05) is 5.01 Å². The van der Waals surface area contributed by atoms with Gasteiger partial charge >= 0.3 is 5.97 Å². The summed E-state index contributed by atoms with van der Waals surface area (Å²) in [7, 11) is 0. The third-order valence-electron chi connectivity index (χ3n) is 4.67. The lowest BCUT2D eigenvalue weighted by molar-refractivity contribution is -0.129. The SMILES string of the molecule is O=C(/C=C/c1ccc(Cl)cc1)Oc1ccc(Cl)cc1/C=C1/C(=O)NN(c2ccccc2)C1=O. The molecule has 4 rings (SSSR count). The number of para-hydroxylation sites is 1. The summed E-state index contributed by atoms with van der Waals surface area (Å²) in [5.74, 6) is -1.61. The topological polar surface area (TPSA) is 75.7 Å². The Morgan fingerprint density at radius 2 is 1.61 bits per heavy atom. The van der Waals surface area contributed by atoms with Crippen LogP contribution in [0.15, 0.2) is 84.4 Å². The van der Waals surface area contributed by atoms with E-state index in [4.69, 9.17) is 27.9 Å². The van der Waals surface area contributed by atoms with Crippen molar-refractivity contribution in [3.8, 4) is 5.75 Å².